The fourth-order valence-electron chi connectivity index (χ4n) is 3.73. The van der Waals surface area contributed by atoms with Crippen LogP contribution in [0.3, 0.4) is 0 Å². The van der Waals surface area contributed by atoms with Gasteiger partial charge in [0.2, 0.25) is 0 Å². The Morgan fingerprint density at radius 3 is 2.97 bits per heavy atom. The molecule has 0 aliphatic carbocycles. The zero-order valence-corrected chi connectivity index (χ0v) is 16.5. The summed E-state index contributed by atoms with van der Waals surface area (Å²) >= 11 is 0. The number of nitrogens with zero attached hydrogens (tertiary/aromatic N) is 3. The van der Waals surface area contributed by atoms with Gasteiger partial charge in [-0.2, -0.15) is 0 Å². The highest BCUT2D eigenvalue weighted by Crippen LogP contribution is 2.29. The highest BCUT2D eigenvalue weighted by Gasteiger charge is 2.27. The van der Waals surface area contributed by atoms with E-state index in [1.165, 1.54) is 11.1 Å². The first-order valence-electron chi connectivity index (χ1n) is 10.2. The van der Waals surface area contributed by atoms with Crippen LogP contribution in [0, 0.1) is 5.92 Å². The molecule has 2 aliphatic rings. The van der Waals surface area contributed by atoms with Crippen LogP contribution in [0.1, 0.15) is 18.4 Å². The molecule has 0 saturated heterocycles. The van der Waals surface area contributed by atoms with E-state index in [0.29, 0.717) is 25.7 Å². The highest BCUT2D eigenvalue weighted by atomic mass is 19.1. The molecule has 1 atom stereocenters. The van der Waals surface area contributed by atoms with Gasteiger partial charge in [0, 0.05) is 42.6 Å². The van der Waals surface area contributed by atoms with Crippen LogP contribution in [0.4, 0.5) is 4.39 Å². The minimum absolute atomic E-state index is 0.141. The summed E-state index contributed by atoms with van der Waals surface area (Å²) in [6.07, 6.45) is 13.2. The summed E-state index contributed by atoms with van der Waals surface area (Å²) in [4.78, 5) is 14.5. The van der Waals surface area contributed by atoms with Crippen LogP contribution in [-0.4, -0.2) is 60.4 Å². The predicted molar refractivity (Wildman–Crippen MR) is 111 cm³/mol. The smallest absolute Gasteiger partial charge is 0.137 e. The van der Waals surface area contributed by atoms with E-state index in [1.807, 2.05) is 18.6 Å². The number of alkyl halides is 1. The van der Waals surface area contributed by atoms with E-state index in [4.69, 9.17) is 14.5 Å². The van der Waals surface area contributed by atoms with Gasteiger partial charge in [-0.25, -0.2) is 14.4 Å². The fraction of sp³-hybridized carbons (Fsp3) is 0.455. The van der Waals surface area contributed by atoms with Crippen LogP contribution in [0.15, 0.2) is 53.6 Å². The molecule has 4 rings (SSSR count). The molecule has 0 bridgehead atoms. The topological polar surface area (TPSA) is 62.7 Å². The maximum absolute atomic E-state index is 11.9. The molecule has 2 aromatic heterocycles. The highest BCUT2D eigenvalue weighted by molar-refractivity contribution is 5.91. The molecule has 0 spiro atoms. The van der Waals surface area contributed by atoms with Crippen molar-refractivity contribution in [1.29, 1.82) is 0 Å². The molecule has 0 amide bonds. The van der Waals surface area contributed by atoms with Crippen molar-refractivity contribution < 1.29 is 13.9 Å². The van der Waals surface area contributed by atoms with E-state index in [9.17, 15) is 4.39 Å². The van der Waals surface area contributed by atoms with E-state index in [2.05, 4.69) is 39.3 Å². The van der Waals surface area contributed by atoms with Gasteiger partial charge in [0.25, 0.3) is 0 Å². The van der Waals surface area contributed by atoms with Gasteiger partial charge >= 0.3 is 0 Å². The quantitative estimate of drug-likeness (QED) is 0.587. The summed E-state index contributed by atoms with van der Waals surface area (Å²) in [7, 11) is 0. The zero-order valence-electron chi connectivity index (χ0n) is 16.5. The lowest BCUT2D eigenvalue weighted by Crippen LogP contribution is -2.31. The van der Waals surface area contributed by atoms with Gasteiger partial charge in [-0.1, -0.05) is 11.6 Å². The maximum Gasteiger partial charge on any atom is 0.137 e. The molecule has 1 unspecified atom stereocenters. The Morgan fingerprint density at radius 1 is 1.17 bits per heavy atom. The van der Waals surface area contributed by atoms with Gasteiger partial charge in [0.1, 0.15) is 18.2 Å². The lowest BCUT2D eigenvalue weighted by molar-refractivity contribution is 0.0411. The van der Waals surface area contributed by atoms with Crippen molar-refractivity contribution in [2.45, 2.75) is 19.3 Å². The molecule has 2 aromatic rings. The molecule has 4 heterocycles. The Bertz CT molecular complexity index is 905. The lowest BCUT2D eigenvalue weighted by Gasteiger charge is -2.24. The second kappa shape index (κ2) is 9.80. The Hall–Kier alpha value is -2.51. The third-order valence-electron chi connectivity index (χ3n) is 5.25. The second-order valence-corrected chi connectivity index (χ2v) is 7.29. The van der Waals surface area contributed by atoms with Crippen molar-refractivity contribution in [1.82, 2.24) is 14.9 Å². The summed E-state index contributed by atoms with van der Waals surface area (Å²) in [5, 5.41) is 1.16. The predicted octanol–water partition coefficient (Wildman–Crippen LogP) is 3.63. The second-order valence-electron chi connectivity index (χ2n) is 7.29. The maximum atomic E-state index is 11.9. The summed E-state index contributed by atoms with van der Waals surface area (Å²) in [5.41, 5.74) is 3.57. The van der Waals surface area contributed by atoms with Crippen molar-refractivity contribution in [2.75, 3.05) is 39.6 Å². The largest absolute Gasteiger partial charge is 0.377 e. The molecule has 0 aromatic carbocycles. The van der Waals surface area contributed by atoms with Crippen molar-refractivity contribution in [3.05, 3.63) is 54.1 Å². The molecule has 0 radical (unpaired) electrons. The Balaban J connectivity index is 1.23. The van der Waals surface area contributed by atoms with Crippen LogP contribution in [0.2, 0.25) is 0 Å². The first-order chi connectivity index (χ1) is 14.3. The molecule has 0 fully saturated rings. The molecule has 7 heteroatoms. The van der Waals surface area contributed by atoms with Gasteiger partial charge in [0.15, 0.2) is 0 Å². The van der Waals surface area contributed by atoms with Gasteiger partial charge in [-0.05, 0) is 37.0 Å². The Kier molecular flexibility index (Phi) is 6.69. The van der Waals surface area contributed by atoms with Gasteiger partial charge in [0.05, 0.1) is 26.4 Å². The first kappa shape index (κ1) is 19.8. The van der Waals surface area contributed by atoms with E-state index in [0.717, 1.165) is 42.7 Å². The number of ether oxygens (including phenoxy) is 2. The normalized spacial score (nSPS) is 18.2. The number of rotatable bonds is 11. The Labute approximate surface area is 170 Å². The van der Waals surface area contributed by atoms with Crippen LogP contribution < -0.4 is 0 Å². The fourth-order valence-corrected chi connectivity index (χ4v) is 3.73. The van der Waals surface area contributed by atoms with E-state index in [-0.39, 0.29) is 6.61 Å². The standard InChI is InChI=1S/C22H27FN4O2/c23-5-9-28-11-12-29-10-8-27-7-4-20-14-18(16-26-22(20)27)2-1-17-13-19-3-6-24-21(19)25-15-17/h3-4,6-7,13,15-16,20H,1-2,5,8-12,14H2,(H,24,25). The molecule has 154 valence electrons. The molecular formula is C22H27FN4O2. The Morgan fingerprint density at radius 2 is 2.07 bits per heavy atom. The van der Waals surface area contributed by atoms with Crippen molar-refractivity contribution in [3.63, 3.8) is 0 Å². The summed E-state index contributed by atoms with van der Waals surface area (Å²) in [6, 6.07) is 4.26. The minimum Gasteiger partial charge on any atom is -0.377 e. The number of amidine groups is 1. The third-order valence-corrected chi connectivity index (χ3v) is 5.25. The van der Waals surface area contributed by atoms with E-state index < -0.39 is 6.67 Å². The number of aromatic amines is 1. The molecule has 1 N–H and O–H groups in total. The van der Waals surface area contributed by atoms with Gasteiger partial charge < -0.3 is 19.4 Å². The van der Waals surface area contributed by atoms with Crippen LogP contribution in [0.25, 0.3) is 11.0 Å². The number of hydrogen-bond acceptors (Lipinski definition) is 5. The molecular weight excluding hydrogens is 371 g/mol. The monoisotopic (exact) mass is 398 g/mol. The number of hydrogen-bond donors (Lipinski definition) is 1. The van der Waals surface area contributed by atoms with Crippen molar-refractivity contribution >= 4 is 16.9 Å². The minimum atomic E-state index is -0.450. The lowest BCUT2D eigenvalue weighted by atomic mass is 9.94. The molecule has 0 saturated carbocycles. The number of aliphatic imine (C=N–C) groups is 1. The van der Waals surface area contributed by atoms with E-state index in [1.54, 1.807) is 0 Å². The number of aromatic nitrogens is 2. The number of aryl methyl sites for hydroxylation is 1. The average Bonchev–Trinajstić information content (AvgIpc) is 3.37. The van der Waals surface area contributed by atoms with Crippen LogP contribution in [-0.2, 0) is 15.9 Å². The van der Waals surface area contributed by atoms with E-state index >= 15 is 0 Å². The third kappa shape index (κ3) is 5.10. The average molecular weight is 398 g/mol. The first-order valence-corrected chi connectivity index (χ1v) is 10.2. The molecule has 2 aliphatic heterocycles. The van der Waals surface area contributed by atoms with Crippen molar-refractivity contribution in [2.24, 2.45) is 10.9 Å². The molecule has 6 nitrogen and oxygen atoms in total. The molecule has 29 heavy (non-hydrogen) atoms. The number of fused-ring (bicyclic) bond motifs is 2. The number of halogens is 1. The summed E-state index contributed by atoms with van der Waals surface area (Å²) < 4.78 is 22.5. The number of allylic oxidation sites excluding steroid dienone is 1. The van der Waals surface area contributed by atoms with Gasteiger partial charge in [-0.3, -0.25) is 0 Å². The number of nitrogens with one attached hydrogen (secondary N) is 1. The van der Waals surface area contributed by atoms with Crippen molar-refractivity contribution in [3.8, 4) is 0 Å². The summed E-state index contributed by atoms with van der Waals surface area (Å²) in [6.45, 7) is 1.97. The zero-order chi connectivity index (χ0) is 19.9. The van der Waals surface area contributed by atoms with Gasteiger partial charge in [-0.15, -0.1) is 0 Å². The number of H-pyrrole nitrogens is 1. The summed E-state index contributed by atoms with van der Waals surface area (Å²) in [5.74, 6) is 1.45. The number of pyridine rings is 1. The SMILES string of the molecule is FCCOCCOCCN1C=CC2CC(CCc3cnc4[nH]ccc4c3)=CN=C21. The van der Waals surface area contributed by atoms with Crippen LogP contribution in [0.5, 0.6) is 0 Å². The van der Waals surface area contributed by atoms with Crippen LogP contribution >= 0.6 is 0 Å².